The van der Waals surface area contributed by atoms with Gasteiger partial charge in [-0.25, -0.2) is 5.11 Å². The zero-order valence-electron chi connectivity index (χ0n) is 7.57. The maximum atomic E-state index is 10.4. The van der Waals surface area contributed by atoms with E-state index in [9.17, 15) is 5.11 Å². The van der Waals surface area contributed by atoms with Crippen LogP contribution >= 0.6 is 0 Å². The molecule has 1 heterocycles. The van der Waals surface area contributed by atoms with Gasteiger partial charge in [-0.15, -0.1) is 0 Å². The Morgan fingerprint density at radius 1 is 1.50 bits per heavy atom. The Kier molecular flexibility index (Phi) is 3.94. The topological polar surface area (TPSA) is 46.6 Å². The van der Waals surface area contributed by atoms with Crippen molar-refractivity contribution in [2.24, 2.45) is 0 Å². The molecule has 0 bridgehead atoms. The quantitative estimate of drug-likeness (QED) is 0.597. The van der Waals surface area contributed by atoms with Gasteiger partial charge >= 0.3 is 0 Å². The van der Waals surface area contributed by atoms with Gasteiger partial charge in [0, 0.05) is 32.2 Å². The number of aliphatic hydroxyl groups is 1. The molecule has 1 fully saturated rings. The Bertz CT molecular complexity index is 132. The van der Waals surface area contributed by atoms with Crippen LogP contribution in [0.2, 0.25) is 0 Å². The minimum absolute atomic E-state index is 0.0692. The van der Waals surface area contributed by atoms with Gasteiger partial charge in [0.1, 0.15) is 0 Å². The summed E-state index contributed by atoms with van der Waals surface area (Å²) in [7, 11) is 2.04. The van der Waals surface area contributed by atoms with E-state index in [0.29, 0.717) is 6.54 Å². The first-order valence-corrected chi connectivity index (χ1v) is 4.39. The lowest BCUT2D eigenvalue weighted by Gasteiger charge is -2.38. The third-order valence-electron chi connectivity index (χ3n) is 2.40. The number of hydrogen-bond acceptors (Lipinski definition) is 3. The molecule has 1 saturated heterocycles. The number of piperazine rings is 1. The number of likely N-dealkylation sites (N-methyl/N-ethyl adjacent to an activating group) is 1. The highest BCUT2D eigenvalue weighted by Crippen LogP contribution is 2.06. The van der Waals surface area contributed by atoms with Crippen molar-refractivity contribution in [3.8, 4) is 0 Å². The van der Waals surface area contributed by atoms with Crippen molar-refractivity contribution >= 4 is 0 Å². The second-order valence-electron chi connectivity index (χ2n) is 3.34. The molecule has 0 aromatic rings. The van der Waals surface area contributed by atoms with E-state index in [1.165, 1.54) is 0 Å². The standard InChI is InChI=1S/C8H17N2O2/c1-9-2-3-10(4-5-11)8(6-9)7-12/h8,12H,2-7H2,1H3. The fraction of sp³-hybridized carbons (Fsp3) is 1.00. The maximum Gasteiger partial charge on any atom is 0.0949 e. The molecular weight excluding hydrogens is 156 g/mol. The van der Waals surface area contributed by atoms with E-state index in [0.717, 1.165) is 19.6 Å². The van der Waals surface area contributed by atoms with Crippen LogP contribution in [0.4, 0.5) is 0 Å². The zero-order valence-corrected chi connectivity index (χ0v) is 7.57. The summed E-state index contributed by atoms with van der Waals surface area (Å²) in [6.07, 6.45) is 0. The van der Waals surface area contributed by atoms with Crippen LogP contribution in [0, 0.1) is 0 Å². The van der Waals surface area contributed by atoms with Crippen molar-refractivity contribution in [2.75, 3.05) is 46.4 Å². The van der Waals surface area contributed by atoms with E-state index >= 15 is 0 Å². The molecule has 0 spiro atoms. The molecule has 1 rings (SSSR count). The molecule has 0 saturated carbocycles. The number of rotatable bonds is 3. The predicted octanol–water partition coefficient (Wildman–Crippen LogP) is -0.975. The Hall–Kier alpha value is -0.160. The van der Waals surface area contributed by atoms with Gasteiger partial charge in [-0.1, -0.05) is 0 Å². The third kappa shape index (κ3) is 2.42. The van der Waals surface area contributed by atoms with Crippen LogP contribution < -0.4 is 0 Å². The van der Waals surface area contributed by atoms with Gasteiger partial charge in [0.05, 0.1) is 13.2 Å². The van der Waals surface area contributed by atoms with Crippen molar-refractivity contribution in [3.05, 3.63) is 0 Å². The van der Waals surface area contributed by atoms with Gasteiger partial charge in [0.25, 0.3) is 0 Å². The van der Waals surface area contributed by atoms with Gasteiger partial charge in [-0.3, -0.25) is 4.90 Å². The van der Waals surface area contributed by atoms with Crippen LogP contribution in [-0.2, 0) is 5.11 Å². The normalized spacial score (nSPS) is 27.8. The molecular formula is C8H17N2O2. The zero-order chi connectivity index (χ0) is 8.97. The van der Waals surface area contributed by atoms with E-state index in [1.54, 1.807) is 0 Å². The van der Waals surface area contributed by atoms with Gasteiger partial charge in [-0.05, 0) is 7.05 Å². The molecule has 0 aliphatic carbocycles. The summed E-state index contributed by atoms with van der Waals surface area (Å²) in [6, 6.07) is 0.165. The fourth-order valence-corrected chi connectivity index (χ4v) is 1.63. The van der Waals surface area contributed by atoms with Crippen molar-refractivity contribution < 1.29 is 10.2 Å². The third-order valence-corrected chi connectivity index (χ3v) is 2.40. The lowest BCUT2D eigenvalue weighted by atomic mass is 10.2. The molecule has 1 N–H and O–H groups in total. The molecule has 1 aliphatic rings. The predicted molar refractivity (Wildman–Crippen MR) is 45.5 cm³/mol. The van der Waals surface area contributed by atoms with Crippen molar-refractivity contribution in [2.45, 2.75) is 6.04 Å². The summed E-state index contributed by atoms with van der Waals surface area (Å²) in [5.74, 6) is 0. The first kappa shape index (κ1) is 9.92. The van der Waals surface area contributed by atoms with E-state index in [1.807, 2.05) is 7.05 Å². The second-order valence-corrected chi connectivity index (χ2v) is 3.34. The Labute approximate surface area is 73.4 Å². The second kappa shape index (κ2) is 4.77. The highest BCUT2D eigenvalue weighted by molar-refractivity contribution is 4.79. The van der Waals surface area contributed by atoms with Crippen molar-refractivity contribution in [3.63, 3.8) is 0 Å². The number of aliphatic hydroxyl groups excluding tert-OH is 1. The minimum atomic E-state index is -0.0692. The number of hydrogen-bond donors (Lipinski definition) is 1. The SMILES string of the molecule is CN1CCN(CC[O])C(CO)C1. The molecule has 71 valence electrons. The average Bonchev–Trinajstić information content (AvgIpc) is 2.08. The van der Waals surface area contributed by atoms with Gasteiger partial charge in [-0.2, -0.15) is 0 Å². The first-order valence-electron chi connectivity index (χ1n) is 4.39. The summed E-state index contributed by atoms with van der Waals surface area (Å²) < 4.78 is 0. The number of nitrogens with zero attached hydrogens (tertiary/aromatic N) is 2. The molecule has 1 radical (unpaired) electrons. The van der Waals surface area contributed by atoms with E-state index in [4.69, 9.17) is 5.11 Å². The van der Waals surface area contributed by atoms with Gasteiger partial charge < -0.3 is 10.0 Å². The highest BCUT2D eigenvalue weighted by atomic mass is 16.3. The molecule has 4 heteroatoms. The van der Waals surface area contributed by atoms with Crippen LogP contribution in [0.25, 0.3) is 0 Å². The van der Waals surface area contributed by atoms with Crippen LogP contribution in [0.5, 0.6) is 0 Å². The average molecular weight is 173 g/mol. The molecule has 1 unspecified atom stereocenters. The Morgan fingerprint density at radius 2 is 2.25 bits per heavy atom. The minimum Gasteiger partial charge on any atom is -0.395 e. The van der Waals surface area contributed by atoms with E-state index < -0.39 is 0 Å². The van der Waals surface area contributed by atoms with Crippen molar-refractivity contribution in [1.82, 2.24) is 9.80 Å². The van der Waals surface area contributed by atoms with Crippen LogP contribution in [0.1, 0.15) is 0 Å². The Balaban J connectivity index is 2.39. The van der Waals surface area contributed by atoms with Crippen LogP contribution in [0.15, 0.2) is 0 Å². The van der Waals surface area contributed by atoms with Gasteiger partial charge in [0.2, 0.25) is 0 Å². The summed E-state index contributed by atoms with van der Waals surface area (Å²) in [6.45, 7) is 3.43. The highest BCUT2D eigenvalue weighted by Gasteiger charge is 2.23. The van der Waals surface area contributed by atoms with E-state index in [2.05, 4.69) is 9.80 Å². The van der Waals surface area contributed by atoms with Crippen LogP contribution in [-0.4, -0.2) is 67.4 Å². The van der Waals surface area contributed by atoms with Crippen LogP contribution in [0.3, 0.4) is 0 Å². The largest absolute Gasteiger partial charge is 0.395 e. The lowest BCUT2D eigenvalue weighted by Crippen LogP contribution is -2.53. The molecule has 1 atom stereocenters. The molecule has 0 amide bonds. The summed E-state index contributed by atoms with van der Waals surface area (Å²) >= 11 is 0. The molecule has 0 aromatic heterocycles. The first-order chi connectivity index (χ1) is 5.77. The fourth-order valence-electron chi connectivity index (χ4n) is 1.63. The Morgan fingerprint density at radius 3 is 2.83 bits per heavy atom. The lowest BCUT2D eigenvalue weighted by molar-refractivity contribution is 0.0305. The molecule has 0 aromatic carbocycles. The smallest absolute Gasteiger partial charge is 0.0949 e. The molecule has 4 nitrogen and oxygen atoms in total. The van der Waals surface area contributed by atoms with E-state index in [-0.39, 0.29) is 19.3 Å². The van der Waals surface area contributed by atoms with Gasteiger partial charge in [0.15, 0.2) is 0 Å². The molecule has 1 aliphatic heterocycles. The van der Waals surface area contributed by atoms with Crippen molar-refractivity contribution in [1.29, 1.82) is 0 Å². The summed E-state index contributed by atoms with van der Waals surface area (Å²) in [5.41, 5.74) is 0. The monoisotopic (exact) mass is 173 g/mol. The molecule has 12 heavy (non-hydrogen) atoms. The summed E-state index contributed by atoms with van der Waals surface area (Å²) in [5, 5.41) is 19.4. The maximum absolute atomic E-state index is 10.4. The summed E-state index contributed by atoms with van der Waals surface area (Å²) in [4.78, 5) is 4.26.